The van der Waals surface area contributed by atoms with Crippen LogP contribution in [-0.4, -0.2) is 55.5 Å². The van der Waals surface area contributed by atoms with Crippen molar-refractivity contribution < 1.29 is 18.3 Å². The van der Waals surface area contributed by atoms with Gasteiger partial charge >= 0.3 is 5.97 Å². The molecule has 1 aliphatic carbocycles. The van der Waals surface area contributed by atoms with Gasteiger partial charge in [0.15, 0.2) is 0 Å². The van der Waals surface area contributed by atoms with E-state index in [1.165, 1.54) is 12.8 Å². The molecule has 1 saturated carbocycles. The average molecular weight is 247 g/mol. The molecule has 1 aliphatic heterocycles. The summed E-state index contributed by atoms with van der Waals surface area (Å²) in [6.07, 6.45) is 3.73. The Balaban J connectivity index is 1.88. The lowest BCUT2D eigenvalue weighted by atomic mass is 9.94. The molecule has 0 bridgehead atoms. The van der Waals surface area contributed by atoms with Gasteiger partial charge in [-0.3, -0.25) is 9.69 Å². The molecule has 0 radical (unpaired) electrons. The van der Waals surface area contributed by atoms with E-state index in [0.29, 0.717) is 5.41 Å². The van der Waals surface area contributed by atoms with Crippen molar-refractivity contribution in [3.8, 4) is 0 Å². The molecule has 1 spiro atoms. The number of carboxylic acids is 1. The number of aliphatic carboxylic acids is 1. The number of carbonyl (C=O) groups is 1. The van der Waals surface area contributed by atoms with E-state index in [1.54, 1.807) is 0 Å². The molecule has 0 amide bonds. The van der Waals surface area contributed by atoms with Crippen molar-refractivity contribution in [2.75, 3.05) is 25.1 Å². The van der Waals surface area contributed by atoms with Gasteiger partial charge in [0.05, 0.1) is 5.75 Å². The number of sulfone groups is 1. The summed E-state index contributed by atoms with van der Waals surface area (Å²) in [5.41, 5.74) is 0.402. The Morgan fingerprint density at radius 2 is 2.00 bits per heavy atom. The topological polar surface area (TPSA) is 74.7 Å². The summed E-state index contributed by atoms with van der Waals surface area (Å²) in [6, 6.07) is -0.624. The lowest BCUT2D eigenvalue weighted by molar-refractivity contribution is -0.146. The third-order valence-electron chi connectivity index (χ3n) is 3.52. The third kappa shape index (κ3) is 2.55. The molecule has 2 rings (SSSR count). The van der Waals surface area contributed by atoms with E-state index in [0.717, 1.165) is 19.3 Å². The van der Waals surface area contributed by atoms with Gasteiger partial charge in [-0.05, 0) is 24.7 Å². The zero-order valence-corrected chi connectivity index (χ0v) is 10.2. The summed E-state index contributed by atoms with van der Waals surface area (Å²) in [5, 5.41) is 9.06. The minimum absolute atomic E-state index is 0.0481. The van der Waals surface area contributed by atoms with Crippen LogP contribution >= 0.6 is 0 Å². The van der Waals surface area contributed by atoms with Crippen LogP contribution in [0, 0.1) is 5.41 Å². The van der Waals surface area contributed by atoms with Crippen LogP contribution in [0.25, 0.3) is 0 Å². The summed E-state index contributed by atoms with van der Waals surface area (Å²) >= 11 is 0. The van der Waals surface area contributed by atoms with Gasteiger partial charge in [0, 0.05) is 19.3 Å². The van der Waals surface area contributed by atoms with Gasteiger partial charge in [0.2, 0.25) is 0 Å². The maximum Gasteiger partial charge on any atom is 0.320 e. The van der Waals surface area contributed by atoms with Crippen molar-refractivity contribution in [3.05, 3.63) is 0 Å². The normalized spacial score (nSPS) is 25.1. The van der Waals surface area contributed by atoms with Gasteiger partial charge < -0.3 is 5.11 Å². The van der Waals surface area contributed by atoms with Gasteiger partial charge in [-0.15, -0.1) is 0 Å². The van der Waals surface area contributed by atoms with E-state index in [-0.39, 0.29) is 12.2 Å². The van der Waals surface area contributed by atoms with Crippen LogP contribution in [0.1, 0.15) is 19.3 Å². The number of rotatable bonds is 5. The number of hydrogen-bond donors (Lipinski definition) is 1. The highest BCUT2D eigenvalue weighted by Crippen LogP contribution is 2.53. The summed E-state index contributed by atoms with van der Waals surface area (Å²) in [7, 11) is -3.07. The van der Waals surface area contributed by atoms with Crippen LogP contribution in [0.5, 0.6) is 0 Å². The number of nitrogens with zero attached hydrogens (tertiary/aromatic N) is 1. The van der Waals surface area contributed by atoms with E-state index in [2.05, 4.69) is 0 Å². The van der Waals surface area contributed by atoms with Crippen LogP contribution in [0.2, 0.25) is 0 Å². The fourth-order valence-corrected chi connectivity index (χ4v) is 2.97. The lowest BCUT2D eigenvalue weighted by Crippen LogP contribution is -2.56. The molecule has 2 aliphatic rings. The second-order valence-corrected chi connectivity index (χ2v) is 7.44. The second-order valence-electron chi connectivity index (χ2n) is 5.18. The molecule has 1 atom stereocenters. The van der Waals surface area contributed by atoms with Gasteiger partial charge in [0.25, 0.3) is 0 Å². The maximum absolute atomic E-state index is 11.0. The summed E-state index contributed by atoms with van der Waals surface area (Å²) in [5.74, 6) is -0.952. The molecule has 1 N–H and O–H groups in total. The fraction of sp³-hybridized carbons (Fsp3) is 0.900. The minimum Gasteiger partial charge on any atom is -0.480 e. The Kier molecular flexibility index (Phi) is 2.74. The summed E-state index contributed by atoms with van der Waals surface area (Å²) in [4.78, 5) is 12.9. The van der Waals surface area contributed by atoms with Crippen molar-refractivity contribution in [2.24, 2.45) is 5.41 Å². The van der Waals surface area contributed by atoms with Gasteiger partial charge in [-0.1, -0.05) is 0 Å². The van der Waals surface area contributed by atoms with Crippen molar-refractivity contribution in [1.82, 2.24) is 4.90 Å². The zero-order valence-electron chi connectivity index (χ0n) is 9.35. The Morgan fingerprint density at radius 3 is 2.38 bits per heavy atom. The van der Waals surface area contributed by atoms with Crippen LogP contribution in [0.15, 0.2) is 0 Å². The molecule has 1 saturated heterocycles. The molecule has 16 heavy (non-hydrogen) atoms. The summed E-state index contributed by atoms with van der Waals surface area (Å²) < 4.78 is 22.0. The molecule has 2 fully saturated rings. The van der Waals surface area contributed by atoms with Crippen molar-refractivity contribution in [2.45, 2.75) is 25.3 Å². The fourth-order valence-electron chi connectivity index (χ4n) is 2.32. The van der Waals surface area contributed by atoms with Crippen molar-refractivity contribution >= 4 is 15.8 Å². The highest BCUT2D eigenvalue weighted by atomic mass is 32.2. The molecule has 0 aromatic rings. The minimum atomic E-state index is -3.07. The first kappa shape index (κ1) is 11.9. The predicted octanol–water partition coefficient (Wildman–Crippen LogP) is -0.0299. The van der Waals surface area contributed by atoms with E-state index in [4.69, 9.17) is 5.11 Å². The molecule has 5 nitrogen and oxygen atoms in total. The number of likely N-dealkylation sites (tertiary alicyclic amines) is 1. The molecule has 0 aromatic heterocycles. The second kappa shape index (κ2) is 3.70. The molecular weight excluding hydrogens is 230 g/mol. The van der Waals surface area contributed by atoms with Crippen LogP contribution in [0.4, 0.5) is 0 Å². The van der Waals surface area contributed by atoms with Gasteiger partial charge in [0.1, 0.15) is 15.9 Å². The molecule has 1 heterocycles. The lowest BCUT2D eigenvalue weighted by Gasteiger charge is -2.43. The number of carboxylic acid groups (broad SMARTS) is 1. The highest BCUT2D eigenvalue weighted by Gasteiger charge is 2.54. The van der Waals surface area contributed by atoms with Crippen molar-refractivity contribution in [3.63, 3.8) is 0 Å². The molecule has 92 valence electrons. The van der Waals surface area contributed by atoms with Crippen LogP contribution in [0.3, 0.4) is 0 Å². The molecule has 1 unspecified atom stereocenters. The van der Waals surface area contributed by atoms with Gasteiger partial charge in [-0.2, -0.15) is 0 Å². The smallest absolute Gasteiger partial charge is 0.320 e. The number of hydrogen-bond acceptors (Lipinski definition) is 4. The SMILES string of the molecule is CS(=O)(=O)CCC(C(=O)O)N1CC2(CC2)C1. The van der Waals surface area contributed by atoms with E-state index in [1.807, 2.05) is 4.90 Å². The Bertz CT molecular complexity index is 391. The molecule has 6 heteroatoms. The van der Waals surface area contributed by atoms with E-state index < -0.39 is 21.8 Å². The Morgan fingerprint density at radius 1 is 1.44 bits per heavy atom. The van der Waals surface area contributed by atoms with Crippen LogP contribution < -0.4 is 0 Å². The molecule has 0 aromatic carbocycles. The average Bonchev–Trinajstić information content (AvgIpc) is 2.79. The van der Waals surface area contributed by atoms with E-state index >= 15 is 0 Å². The van der Waals surface area contributed by atoms with E-state index in [9.17, 15) is 13.2 Å². The maximum atomic E-state index is 11.0. The molecular formula is C10H17NO4S. The first-order valence-electron chi connectivity index (χ1n) is 5.46. The standard InChI is InChI=1S/C10H17NO4S/c1-16(14,15)5-2-8(9(12)13)11-6-10(7-11)3-4-10/h8H,2-7H2,1H3,(H,12,13). The Labute approximate surface area is 95.4 Å². The largest absolute Gasteiger partial charge is 0.480 e. The first-order valence-corrected chi connectivity index (χ1v) is 7.52. The predicted molar refractivity (Wildman–Crippen MR) is 59.0 cm³/mol. The van der Waals surface area contributed by atoms with Crippen LogP contribution in [-0.2, 0) is 14.6 Å². The van der Waals surface area contributed by atoms with Crippen molar-refractivity contribution in [1.29, 1.82) is 0 Å². The first-order chi connectivity index (χ1) is 7.31. The Hall–Kier alpha value is -0.620. The highest BCUT2D eigenvalue weighted by molar-refractivity contribution is 7.90. The van der Waals surface area contributed by atoms with Gasteiger partial charge in [-0.25, -0.2) is 8.42 Å². The summed E-state index contributed by atoms with van der Waals surface area (Å²) in [6.45, 7) is 1.65. The monoisotopic (exact) mass is 247 g/mol. The quantitative estimate of drug-likeness (QED) is 0.738. The zero-order chi connectivity index (χ0) is 12.0. The third-order valence-corrected chi connectivity index (χ3v) is 4.50.